The highest BCUT2D eigenvalue weighted by Crippen LogP contribution is 2.28. The predicted molar refractivity (Wildman–Crippen MR) is 63.3 cm³/mol. The van der Waals surface area contributed by atoms with Crippen LogP contribution in [-0.4, -0.2) is 31.3 Å². The van der Waals surface area contributed by atoms with Crippen molar-refractivity contribution in [1.29, 1.82) is 0 Å². The molecule has 8 heteroatoms. The maximum absolute atomic E-state index is 13.1. The van der Waals surface area contributed by atoms with E-state index in [1.54, 1.807) is 0 Å². The molecule has 1 heterocycles. The number of rotatable bonds is 2. The van der Waals surface area contributed by atoms with Gasteiger partial charge in [0.05, 0.1) is 5.69 Å². The van der Waals surface area contributed by atoms with Crippen molar-refractivity contribution in [2.45, 2.75) is 18.1 Å². The Kier molecular flexibility index (Phi) is 3.44. The van der Waals surface area contributed by atoms with Gasteiger partial charge in [-0.1, -0.05) is 0 Å². The van der Waals surface area contributed by atoms with Crippen LogP contribution in [0.4, 0.5) is 14.5 Å². The van der Waals surface area contributed by atoms with Crippen LogP contribution in [0.3, 0.4) is 0 Å². The SMILES string of the molecule is O=C(O)C1CCCN(c2ccc(F)c(F)c2)S1(=O)=O. The van der Waals surface area contributed by atoms with E-state index in [9.17, 15) is 22.0 Å². The molecule has 0 bridgehead atoms. The van der Waals surface area contributed by atoms with Gasteiger partial charge in [-0.05, 0) is 25.0 Å². The van der Waals surface area contributed by atoms with Crippen molar-refractivity contribution >= 4 is 21.7 Å². The van der Waals surface area contributed by atoms with Crippen molar-refractivity contribution in [2.24, 2.45) is 0 Å². The minimum Gasteiger partial charge on any atom is -0.480 e. The average molecular weight is 291 g/mol. The van der Waals surface area contributed by atoms with E-state index in [0.29, 0.717) is 6.42 Å². The van der Waals surface area contributed by atoms with Gasteiger partial charge in [0, 0.05) is 12.6 Å². The quantitative estimate of drug-likeness (QED) is 0.892. The van der Waals surface area contributed by atoms with Crippen LogP contribution in [0, 0.1) is 11.6 Å². The second-order valence-electron chi connectivity index (χ2n) is 4.18. The second-order valence-corrected chi connectivity index (χ2v) is 6.22. The van der Waals surface area contributed by atoms with E-state index in [1.807, 2.05) is 0 Å². The fraction of sp³-hybridized carbons (Fsp3) is 0.364. The molecule has 0 saturated carbocycles. The van der Waals surface area contributed by atoms with Crippen LogP contribution in [0.5, 0.6) is 0 Å². The van der Waals surface area contributed by atoms with Crippen LogP contribution >= 0.6 is 0 Å². The first-order valence-electron chi connectivity index (χ1n) is 5.53. The number of sulfonamides is 1. The van der Waals surface area contributed by atoms with Crippen molar-refractivity contribution in [3.05, 3.63) is 29.8 Å². The number of benzene rings is 1. The lowest BCUT2D eigenvalue weighted by Gasteiger charge is -2.31. The Hall–Kier alpha value is -1.70. The van der Waals surface area contributed by atoms with Crippen LogP contribution in [0.25, 0.3) is 0 Å². The van der Waals surface area contributed by atoms with Crippen molar-refractivity contribution < 1.29 is 27.1 Å². The molecule has 0 spiro atoms. The smallest absolute Gasteiger partial charge is 0.323 e. The minimum absolute atomic E-state index is 0.0117. The van der Waals surface area contributed by atoms with Gasteiger partial charge in [0.15, 0.2) is 16.9 Å². The average Bonchev–Trinajstić information content (AvgIpc) is 2.31. The zero-order valence-electron chi connectivity index (χ0n) is 9.71. The number of anilines is 1. The summed E-state index contributed by atoms with van der Waals surface area (Å²) in [6.07, 6.45) is 0.354. The lowest BCUT2D eigenvalue weighted by Crippen LogP contribution is -2.47. The van der Waals surface area contributed by atoms with Crippen LogP contribution in [0.15, 0.2) is 18.2 Å². The summed E-state index contributed by atoms with van der Waals surface area (Å²) in [6.45, 7) is 0.0528. The van der Waals surface area contributed by atoms with Crippen LogP contribution < -0.4 is 4.31 Å². The second kappa shape index (κ2) is 4.76. The lowest BCUT2D eigenvalue weighted by atomic mass is 10.2. The largest absolute Gasteiger partial charge is 0.480 e. The molecule has 0 radical (unpaired) electrons. The van der Waals surface area contributed by atoms with Gasteiger partial charge in [-0.3, -0.25) is 9.10 Å². The molecular formula is C11H11F2NO4S. The molecule has 0 amide bonds. The summed E-state index contributed by atoms with van der Waals surface area (Å²) < 4.78 is 50.9. The maximum Gasteiger partial charge on any atom is 0.323 e. The topological polar surface area (TPSA) is 74.7 Å². The standard InChI is InChI=1S/C11H11F2NO4S/c12-8-4-3-7(6-9(8)13)14-5-1-2-10(11(15)16)19(14,17)18/h3-4,6,10H,1-2,5H2,(H,15,16). The highest BCUT2D eigenvalue weighted by atomic mass is 32.2. The first-order chi connectivity index (χ1) is 8.84. The van der Waals surface area contributed by atoms with Gasteiger partial charge in [-0.15, -0.1) is 0 Å². The fourth-order valence-electron chi connectivity index (χ4n) is 2.02. The van der Waals surface area contributed by atoms with E-state index in [4.69, 9.17) is 5.11 Å². The summed E-state index contributed by atoms with van der Waals surface area (Å²) in [4.78, 5) is 10.9. The summed E-state index contributed by atoms with van der Waals surface area (Å²) in [5.41, 5.74) is -0.0650. The zero-order valence-corrected chi connectivity index (χ0v) is 10.5. The van der Waals surface area contributed by atoms with E-state index >= 15 is 0 Å². The number of hydrogen-bond acceptors (Lipinski definition) is 3. The molecule has 0 aliphatic carbocycles. The van der Waals surface area contributed by atoms with Gasteiger partial charge in [-0.25, -0.2) is 17.2 Å². The first-order valence-corrected chi connectivity index (χ1v) is 7.04. The van der Waals surface area contributed by atoms with Gasteiger partial charge in [0.2, 0.25) is 10.0 Å². The number of nitrogens with zero attached hydrogens (tertiary/aromatic N) is 1. The van der Waals surface area contributed by atoms with E-state index < -0.39 is 32.9 Å². The Bertz CT molecular complexity index is 617. The van der Waals surface area contributed by atoms with Gasteiger partial charge in [-0.2, -0.15) is 0 Å². The number of carboxylic acid groups (broad SMARTS) is 1. The molecule has 1 aliphatic heterocycles. The Morgan fingerprint density at radius 3 is 2.58 bits per heavy atom. The molecule has 1 saturated heterocycles. The summed E-state index contributed by atoms with van der Waals surface area (Å²) >= 11 is 0. The Morgan fingerprint density at radius 1 is 1.32 bits per heavy atom. The Balaban J connectivity index is 2.43. The third-order valence-corrected chi connectivity index (χ3v) is 5.13. The number of carboxylic acids is 1. The van der Waals surface area contributed by atoms with E-state index in [0.717, 1.165) is 22.5 Å². The van der Waals surface area contributed by atoms with Crippen molar-refractivity contribution in [2.75, 3.05) is 10.8 Å². The third-order valence-electron chi connectivity index (χ3n) is 2.96. The van der Waals surface area contributed by atoms with E-state index in [-0.39, 0.29) is 18.7 Å². The molecule has 1 aromatic carbocycles. The lowest BCUT2D eigenvalue weighted by molar-refractivity contribution is -0.136. The van der Waals surface area contributed by atoms with Crippen LogP contribution in [0.1, 0.15) is 12.8 Å². The van der Waals surface area contributed by atoms with E-state index in [2.05, 4.69) is 0 Å². The van der Waals surface area contributed by atoms with Crippen molar-refractivity contribution in [1.82, 2.24) is 0 Å². The number of carbonyl (C=O) groups is 1. The van der Waals surface area contributed by atoms with Crippen LogP contribution in [-0.2, 0) is 14.8 Å². The molecule has 0 aromatic heterocycles. The summed E-state index contributed by atoms with van der Waals surface area (Å²) in [7, 11) is -4.10. The molecule has 1 N–H and O–H groups in total. The van der Waals surface area contributed by atoms with Gasteiger partial charge in [0.25, 0.3) is 0 Å². The highest BCUT2D eigenvalue weighted by molar-refractivity contribution is 7.94. The summed E-state index contributed by atoms with van der Waals surface area (Å²) in [5, 5.41) is 7.35. The number of hydrogen-bond donors (Lipinski definition) is 1. The van der Waals surface area contributed by atoms with Crippen LogP contribution in [0.2, 0.25) is 0 Å². The monoisotopic (exact) mass is 291 g/mol. The first kappa shape index (κ1) is 13.7. The highest BCUT2D eigenvalue weighted by Gasteiger charge is 2.40. The zero-order chi connectivity index (χ0) is 14.2. The van der Waals surface area contributed by atoms with Crippen molar-refractivity contribution in [3.8, 4) is 0 Å². The number of halogens is 2. The molecule has 1 fully saturated rings. The van der Waals surface area contributed by atoms with Gasteiger partial charge in [0.1, 0.15) is 0 Å². The minimum atomic E-state index is -4.10. The molecule has 1 atom stereocenters. The maximum atomic E-state index is 13.1. The molecule has 5 nitrogen and oxygen atoms in total. The third kappa shape index (κ3) is 2.40. The molecule has 1 aliphatic rings. The predicted octanol–water partition coefficient (Wildman–Crippen LogP) is 1.35. The summed E-state index contributed by atoms with van der Waals surface area (Å²) in [6, 6.07) is 2.67. The Labute approximate surface area is 108 Å². The van der Waals surface area contributed by atoms with Gasteiger partial charge < -0.3 is 5.11 Å². The fourth-order valence-corrected chi connectivity index (χ4v) is 3.83. The summed E-state index contributed by atoms with van der Waals surface area (Å²) in [5.74, 6) is -3.70. The molecule has 2 rings (SSSR count). The molecule has 104 valence electrons. The molecule has 19 heavy (non-hydrogen) atoms. The molecular weight excluding hydrogens is 280 g/mol. The molecule has 1 unspecified atom stereocenters. The van der Waals surface area contributed by atoms with E-state index in [1.165, 1.54) is 0 Å². The van der Waals surface area contributed by atoms with Gasteiger partial charge >= 0.3 is 5.97 Å². The number of aliphatic carboxylic acids is 1. The molecule has 1 aromatic rings. The van der Waals surface area contributed by atoms with Crippen molar-refractivity contribution in [3.63, 3.8) is 0 Å². The normalized spacial score (nSPS) is 22.2. The Morgan fingerprint density at radius 2 is 2.00 bits per heavy atom.